The topological polar surface area (TPSA) is 106 Å². The number of hydrogen-bond donors (Lipinski definition) is 1. The summed E-state index contributed by atoms with van der Waals surface area (Å²) in [5.41, 5.74) is 5.53. The first-order chi connectivity index (χ1) is 14.9. The highest BCUT2D eigenvalue weighted by Crippen LogP contribution is 2.54. The van der Waals surface area contributed by atoms with Crippen LogP contribution in [0.5, 0.6) is 0 Å². The summed E-state index contributed by atoms with van der Waals surface area (Å²) in [6.07, 6.45) is 0. The fourth-order valence-electron chi connectivity index (χ4n) is 4.24. The second-order valence-corrected chi connectivity index (χ2v) is 7.16. The molecule has 0 saturated carbocycles. The number of benzene rings is 2. The lowest BCUT2D eigenvalue weighted by Gasteiger charge is -2.34. The zero-order valence-corrected chi connectivity index (χ0v) is 16.8. The molecule has 2 heterocycles. The van der Waals surface area contributed by atoms with Gasteiger partial charge in [-0.05, 0) is 30.7 Å². The number of carbonyl (C=O) groups excluding carboxylic acids is 2. The van der Waals surface area contributed by atoms with E-state index in [4.69, 9.17) is 15.2 Å². The number of halogens is 1. The van der Waals surface area contributed by atoms with Crippen molar-refractivity contribution in [2.45, 2.75) is 18.9 Å². The Labute approximate surface area is 177 Å². The van der Waals surface area contributed by atoms with E-state index in [1.54, 1.807) is 36.4 Å². The van der Waals surface area contributed by atoms with Crippen LogP contribution in [0, 0.1) is 17.1 Å². The fourth-order valence-corrected chi connectivity index (χ4v) is 4.24. The molecule has 1 spiro atoms. The molecule has 0 radical (unpaired) electrons. The number of anilines is 1. The van der Waals surface area contributed by atoms with Crippen LogP contribution in [0.2, 0.25) is 0 Å². The molecule has 2 aliphatic rings. The van der Waals surface area contributed by atoms with Gasteiger partial charge >= 0.3 is 5.97 Å². The van der Waals surface area contributed by atoms with Gasteiger partial charge in [0, 0.05) is 11.3 Å². The lowest BCUT2D eigenvalue weighted by atomic mass is 9.68. The fraction of sp³-hybridized carbons (Fsp3) is 0.174. The number of methoxy groups -OCH3 is 1. The Hall–Kier alpha value is -4.12. The van der Waals surface area contributed by atoms with Crippen molar-refractivity contribution in [3.05, 3.63) is 88.3 Å². The maximum absolute atomic E-state index is 14.0. The number of hydrogen-bond acceptors (Lipinski definition) is 6. The molecule has 0 bridgehead atoms. The predicted octanol–water partition coefficient (Wildman–Crippen LogP) is 2.78. The Morgan fingerprint density at radius 3 is 2.58 bits per heavy atom. The van der Waals surface area contributed by atoms with Gasteiger partial charge in [-0.1, -0.05) is 30.3 Å². The Morgan fingerprint density at radius 2 is 1.94 bits per heavy atom. The molecule has 2 aromatic rings. The summed E-state index contributed by atoms with van der Waals surface area (Å²) in [4.78, 5) is 28.3. The highest BCUT2D eigenvalue weighted by Gasteiger charge is 2.62. The molecule has 1 atom stereocenters. The average molecular weight is 419 g/mol. The minimum Gasteiger partial charge on any atom is -0.466 e. The molecule has 8 heteroatoms. The molecular weight excluding hydrogens is 401 g/mol. The molecule has 2 aliphatic heterocycles. The SMILES string of the molecule is COC(=O)C1=C(C)OC(N)=C(C#N)[C@]12C(=O)N(Cc1ccc(F)cc1)c1ccccc12. The van der Waals surface area contributed by atoms with Crippen molar-refractivity contribution in [2.75, 3.05) is 12.0 Å². The molecule has 7 nitrogen and oxygen atoms in total. The van der Waals surface area contributed by atoms with Crippen molar-refractivity contribution in [2.24, 2.45) is 5.73 Å². The van der Waals surface area contributed by atoms with E-state index in [1.165, 1.54) is 31.1 Å². The van der Waals surface area contributed by atoms with Gasteiger partial charge in [0.2, 0.25) is 11.8 Å². The third kappa shape index (κ3) is 2.78. The smallest absolute Gasteiger partial charge is 0.339 e. The highest BCUT2D eigenvalue weighted by molar-refractivity contribution is 6.18. The van der Waals surface area contributed by atoms with Crippen molar-refractivity contribution >= 4 is 17.6 Å². The van der Waals surface area contributed by atoms with E-state index in [0.29, 0.717) is 16.8 Å². The number of para-hydroxylation sites is 1. The number of carbonyl (C=O) groups is 2. The molecule has 2 aromatic carbocycles. The molecule has 0 aromatic heterocycles. The van der Waals surface area contributed by atoms with Crippen LogP contribution in [0.3, 0.4) is 0 Å². The summed E-state index contributed by atoms with van der Waals surface area (Å²) in [5.74, 6) is -1.91. The lowest BCUT2D eigenvalue weighted by Crippen LogP contribution is -2.48. The van der Waals surface area contributed by atoms with E-state index < -0.39 is 23.1 Å². The number of rotatable bonds is 3. The van der Waals surface area contributed by atoms with Crippen molar-refractivity contribution in [1.82, 2.24) is 0 Å². The molecule has 0 unspecified atom stereocenters. The zero-order chi connectivity index (χ0) is 22.3. The lowest BCUT2D eigenvalue weighted by molar-refractivity contribution is -0.138. The van der Waals surface area contributed by atoms with Crippen molar-refractivity contribution in [1.29, 1.82) is 5.26 Å². The van der Waals surface area contributed by atoms with Crippen LogP contribution in [-0.4, -0.2) is 19.0 Å². The summed E-state index contributed by atoms with van der Waals surface area (Å²) >= 11 is 0. The van der Waals surface area contributed by atoms with Crippen LogP contribution < -0.4 is 10.6 Å². The highest BCUT2D eigenvalue weighted by atomic mass is 19.1. The number of esters is 1. The van der Waals surface area contributed by atoms with Crippen molar-refractivity contribution < 1.29 is 23.5 Å². The summed E-state index contributed by atoms with van der Waals surface area (Å²) in [5, 5.41) is 9.94. The maximum atomic E-state index is 14.0. The Kier molecular flexibility index (Phi) is 4.74. The monoisotopic (exact) mass is 419 g/mol. The maximum Gasteiger partial charge on any atom is 0.339 e. The molecule has 31 heavy (non-hydrogen) atoms. The van der Waals surface area contributed by atoms with Gasteiger partial charge in [0.15, 0.2) is 5.41 Å². The first-order valence-electron chi connectivity index (χ1n) is 9.40. The molecular formula is C23H18FN3O4. The number of nitriles is 1. The van der Waals surface area contributed by atoms with Gasteiger partial charge in [0.25, 0.3) is 0 Å². The van der Waals surface area contributed by atoms with Crippen LogP contribution in [0.15, 0.2) is 71.3 Å². The van der Waals surface area contributed by atoms with Crippen molar-refractivity contribution in [3.8, 4) is 6.07 Å². The standard InChI is InChI=1S/C23H18FN3O4/c1-13-19(21(28)30-2)23(17(11-25)20(26)31-13)16-5-3-4-6-18(16)27(22(23)29)12-14-7-9-15(24)10-8-14/h3-10H,12,26H2,1-2H3/t23-/m0/s1. The van der Waals surface area contributed by atoms with Crippen molar-refractivity contribution in [3.63, 3.8) is 0 Å². The molecule has 0 fully saturated rings. The Bertz CT molecular complexity index is 1210. The van der Waals surface area contributed by atoms with Gasteiger partial charge in [-0.3, -0.25) is 4.79 Å². The van der Waals surface area contributed by atoms with E-state index in [2.05, 4.69) is 0 Å². The van der Waals surface area contributed by atoms with Crippen LogP contribution in [0.1, 0.15) is 18.1 Å². The number of ether oxygens (including phenoxy) is 2. The van der Waals surface area contributed by atoms with Crippen LogP contribution in [-0.2, 0) is 31.0 Å². The number of nitrogens with two attached hydrogens (primary N) is 1. The third-order valence-corrected chi connectivity index (χ3v) is 5.53. The second-order valence-electron chi connectivity index (χ2n) is 7.16. The first-order valence-corrected chi connectivity index (χ1v) is 9.40. The van der Waals surface area contributed by atoms with Crippen LogP contribution >= 0.6 is 0 Å². The summed E-state index contributed by atoms with van der Waals surface area (Å²) < 4.78 is 23.7. The molecule has 0 aliphatic carbocycles. The average Bonchev–Trinajstić information content (AvgIpc) is 2.99. The number of nitrogens with zero attached hydrogens (tertiary/aromatic N) is 2. The van der Waals surface area contributed by atoms with E-state index >= 15 is 0 Å². The van der Waals surface area contributed by atoms with Gasteiger partial charge < -0.3 is 20.1 Å². The summed E-state index contributed by atoms with van der Waals surface area (Å²) in [7, 11) is 1.19. The zero-order valence-electron chi connectivity index (χ0n) is 16.8. The first kappa shape index (κ1) is 20.2. The van der Waals surface area contributed by atoms with Crippen LogP contribution in [0.4, 0.5) is 10.1 Å². The molecule has 0 saturated heterocycles. The number of fused-ring (bicyclic) bond motifs is 2. The third-order valence-electron chi connectivity index (χ3n) is 5.53. The van der Waals surface area contributed by atoms with Gasteiger partial charge in [0.1, 0.15) is 28.8 Å². The molecule has 156 valence electrons. The minimum atomic E-state index is -1.80. The Morgan fingerprint density at radius 1 is 1.26 bits per heavy atom. The minimum absolute atomic E-state index is 0.0788. The van der Waals surface area contributed by atoms with Crippen LogP contribution in [0.25, 0.3) is 0 Å². The molecule has 1 amide bonds. The van der Waals surface area contributed by atoms with Gasteiger partial charge in [0.05, 0.1) is 13.7 Å². The van der Waals surface area contributed by atoms with Gasteiger partial charge in [-0.25, -0.2) is 9.18 Å². The van der Waals surface area contributed by atoms with Gasteiger partial charge in [-0.2, -0.15) is 5.26 Å². The van der Waals surface area contributed by atoms with E-state index in [9.17, 15) is 19.2 Å². The summed E-state index contributed by atoms with van der Waals surface area (Å²) in [6, 6.07) is 14.5. The second kappa shape index (κ2) is 7.29. The van der Waals surface area contributed by atoms with E-state index in [0.717, 1.165) is 0 Å². The number of amides is 1. The predicted molar refractivity (Wildman–Crippen MR) is 108 cm³/mol. The van der Waals surface area contributed by atoms with Gasteiger partial charge in [-0.15, -0.1) is 0 Å². The van der Waals surface area contributed by atoms with E-state index in [1.807, 2.05) is 6.07 Å². The van der Waals surface area contributed by atoms with E-state index in [-0.39, 0.29) is 29.3 Å². The Balaban J connectivity index is 1.99. The largest absolute Gasteiger partial charge is 0.466 e. The normalized spacial score (nSPS) is 19.9. The quantitative estimate of drug-likeness (QED) is 0.767. The molecule has 4 rings (SSSR count). The number of allylic oxidation sites excluding steroid dienone is 1. The summed E-state index contributed by atoms with van der Waals surface area (Å²) in [6.45, 7) is 1.60. The molecule has 2 N–H and O–H groups in total.